The standard InChI is InChI=1S/C17H16N2O4/c1-11(23-15-8-2-12(10-20)3-9-15)17(22)19-14-6-4-13(5-7-14)16(18)21/h2-11H,1H3,(H2,18,21)(H,19,22). The fourth-order valence-electron chi connectivity index (χ4n) is 1.84. The summed E-state index contributed by atoms with van der Waals surface area (Å²) in [4.78, 5) is 33.6. The maximum atomic E-state index is 12.1. The Kier molecular flexibility index (Phi) is 5.09. The number of carbonyl (C=O) groups is 3. The van der Waals surface area contributed by atoms with Crippen LogP contribution in [0.1, 0.15) is 27.6 Å². The molecule has 1 unspecified atom stereocenters. The summed E-state index contributed by atoms with van der Waals surface area (Å²) in [6.07, 6.45) is 0.00301. The average molecular weight is 312 g/mol. The van der Waals surface area contributed by atoms with Crippen molar-refractivity contribution in [3.05, 3.63) is 59.7 Å². The summed E-state index contributed by atoms with van der Waals surface area (Å²) in [5, 5.41) is 2.68. The topological polar surface area (TPSA) is 98.5 Å². The average Bonchev–Trinajstić information content (AvgIpc) is 2.56. The molecule has 0 aromatic heterocycles. The fourth-order valence-corrected chi connectivity index (χ4v) is 1.84. The minimum atomic E-state index is -0.729. The molecule has 6 nitrogen and oxygen atoms in total. The highest BCUT2D eigenvalue weighted by molar-refractivity contribution is 5.96. The molecular weight excluding hydrogens is 296 g/mol. The molecule has 6 heteroatoms. The first kappa shape index (κ1) is 16.2. The zero-order valence-electron chi connectivity index (χ0n) is 12.5. The monoisotopic (exact) mass is 312 g/mol. The van der Waals surface area contributed by atoms with Crippen molar-refractivity contribution in [2.24, 2.45) is 5.73 Å². The third-order valence-corrected chi connectivity index (χ3v) is 3.14. The molecule has 3 N–H and O–H groups in total. The molecule has 0 radical (unpaired) electrons. The van der Waals surface area contributed by atoms with Crippen LogP contribution in [-0.2, 0) is 4.79 Å². The van der Waals surface area contributed by atoms with Gasteiger partial charge in [-0.25, -0.2) is 0 Å². The van der Waals surface area contributed by atoms with Gasteiger partial charge in [-0.05, 0) is 55.5 Å². The molecule has 0 aliphatic rings. The van der Waals surface area contributed by atoms with E-state index in [4.69, 9.17) is 10.5 Å². The van der Waals surface area contributed by atoms with E-state index in [0.29, 0.717) is 22.6 Å². The Morgan fingerprint density at radius 2 is 1.70 bits per heavy atom. The second-order valence-corrected chi connectivity index (χ2v) is 4.88. The number of hydrogen-bond donors (Lipinski definition) is 2. The first-order valence-corrected chi connectivity index (χ1v) is 6.92. The molecule has 118 valence electrons. The van der Waals surface area contributed by atoms with E-state index in [0.717, 1.165) is 6.29 Å². The van der Waals surface area contributed by atoms with Crippen molar-refractivity contribution < 1.29 is 19.1 Å². The van der Waals surface area contributed by atoms with Crippen LogP contribution in [0.5, 0.6) is 5.75 Å². The zero-order chi connectivity index (χ0) is 16.8. The molecule has 0 aliphatic carbocycles. The van der Waals surface area contributed by atoms with Crippen molar-refractivity contribution in [1.29, 1.82) is 0 Å². The van der Waals surface area contributed by atoms with Gasteiger partial charge in [0.1, 0.15) is 12.0 Å². The van der Waals surface area contributed by atoms with Gasteiger partial charge in [0.05, 0.1) is 0 Å². The molecule has 0 bridgehead atoms. The van der Waals surface area contributed by atoms with Gasteiger partial charge < -0.3 is 15.8 Å². The smallest absolute Gasteiger partial charge is 0.265 e. The van der Waals surface area contributed by atoms with Crippen LogP contribution in [0.4, 0.5) is 5.69 Å². The molecule has 0 fully saturated rings. The lowest BCUT2D eigenvalue weighted by Gasteiger charge is -2.15. The zero-order valence-corrected chi connectivity index (χ0v) is 12.5. The SMILES string of the molecule is CC(Oc1ccc(C=O)cc1)C(=O)Nc1ccc(C(N)=O)cc1. The summed E-state index contributed by atoms with van der Waals surface area (Å²) in [5.74, 6) is -0.378. The minimum Gasteiger partial charge on any atom is -0.481 e. The first-order chi connectivity index (χ1) is 11.0. The molecule has 0 saturated heterocycles. The number of amides is 2. The Balaban J connectivity index is 1.96. The Labute approximate surface area is 133 Å². The third-order valence-electron chi connectivity index (χ3n) is 3.14. The summed E-state index contributed by atoms with van der Waals surface area (Å²) < 4.78 is 5.51. The predicted molar refractivity (Wildman–Crippen MR) is 85.5 cm³/mol. The van der Waals surface area contributed by atoms with E-state index in [-0.39, 0.29) is 5.91 Å². The van der Waals surface area contributed by atoms with E-state index < -0.39 is 12.0 Å². The molecule has 1 atom stereocenters. The minimum absolute atomic E-state index is 0.337. The number of rotatable bonds is 6. The molecule has 0 aliphatic heterocycles. The summed E-state index contributed by atoms with van der Waals surface area (Å²) in [7, 11) is 0. The van der Waals surface area contributed by atoms with Crippen LogP contribution in [0.25, 0.3) is 0 Å². The number of hydrogen-bond acceptors (Lipinski definition) is 4. The number of ether oxygens (including phenoxy) is 1. The van der Waals surface area contributed by atoms with Crippen LogP contribution < -0.4 is 15.8 Å². The van der Waals surface area contributed by atoms with Gasteiger partial charge in [0.15, 0.2) is 6.10 Å². The second-order valence-electron chi connectivity index (χ2n) is 4.88. The van der Waals surface area contributed by atoms with Gasteiger partial charge in [-0.15, -0.1) is 0 Å². The lowest BCUT2D eigenvalue weighted by Crippen LogP contribution is -2.30. The van der Waals surface area contributed by atoms with Crippen LogP contribution >= 0.6 is 0 Å². The number of carbonyl (C=O) groups excluding carboxylic acids is 3. The van der Waals surface area contributed by atoms with Gasteiger partial charge in [0.25, 0.3) is 5.91 Å². The van der Waals surface area contributed by atoms with E-state index in [2.05, 4.69) is 5.32 Å². The molecule has 0 heterocycles. The second kappa shape index (κ2) is 7.22. The van der Waals surface area contributed by atoms with Gasteiger partial charge in [-0.2, -0.15) is 0 Å². The molecule has 0 spiro atoms. The van der Waals surface area contributed by atoms with E-state index >= 15 is 0 Å². The van der Waals surface area contributed by atoms with Crippen LogP contribution in [-0.4, -0.2) is 24.2 Å². The highest BCUT2D eigenvalue weighted by Crippen LogP contribution is 2.15. The van der Waals surface area contributed by atoms with Crippen LogP contribution in [0.2, 0.25) is 0 Å². The maximum absolute atomic E-state index is 12.1. The largest absolute Gasteiger partial charge is 0.481 e. The van der Waals surface area contributed by atoms with Gasteiger partial charge in [-0.3, -0.25) is 14.4 Å². The Morgan fingerprint density at radius 3 is 2.22 bits per heavy atom. The van der Waals surface area contributed by atoms with Crippen molar-refractivity contribution in [1.82, 2.24) is 0 Å². The Hall–Kier alpha value is -3.15. The van der Waals surface area contributed by atoms with Gasteiger partial charge in [-0.1, -0.05) is 0 Å². The quantitative estimate of drug-likeness (QED) is 0.797. The van der Waals surface area contributed by atoms with Crippen LogP contribution in [0, 0.1) is 0 Å². The van der Waals surface area contributed by atoms with Crippen LogP contribution in [0.15, 0.2) is 48.5 Å². The van der Waals surface area contributed by atoms with E-state index in [9.17, 15) is 14.4 Å². The molecule has 23 heavy (non-hydrogen) atoms. The van der Waals surface area contributed by atoms with Crippen molar-refractivity contribution in [3.8, 4) is 5.75 Å². The summed E-state index contributed by atoms with van der Waals surface area (Å²) in [6, 6.07) is 12.7. The molecule has 0 saturated carbocycles. The Bertz CT molecular complexity index is 708. The fraction of sp³-hybridized carbons (Fsp3) is 0.118. The number of nitrogens with one attached hydrogen (secondary N) is 1. The van der Waals surface area contributed by atoms with E-state index in [1.165, 1.54) is 12.1 Å². The van der Waals surface area contributed by atoms with Crippen molar-refractivity contribution in [3.63, 3.8) is 0 Å². The summed E-state index contributed by atoms with van der Waals surface area (Å²) in [5.41, 5.74) is 6.58. The molecule has 2 amide bonds. The highest BCUT2D eigenvalue weighted by atomic mass is 16.5. The predicted octanol–water partition coefficient (Wildman–Crippen LogP) is 2.00. The Morgan fingerprint density at radius 1 is 1.09 bits per heavy atom. The molecule has 2 aromatic rings. The van der Waals surface area contributed by atoms with E-state index in [1.54, 1.807) is 43.3 Å². The number of aldehydes is 1. The van der Waals surface area contributed by atoms with Gasteiger partial charge >= 0.3 is 0 Å². The van der Waals surface area contributed by atoms with Gasteiger partial charge in [0, 0.05) is 16.8 Å². The lowest BCUT2D eigenvalue weighted by atomic mass is 10.2. The number of nitrogens with two attached hydrogens (primary N) is 1. The van der Waals surface area contributed by atoms with Crippen molar-refractivity contribution >= 4 is 23.8 Å². The van der Waals surface area contributed by atoms with E-state index in [1.807, 2.05) is 0 Å². The number of anilines is 1. The third kappa shape index (κ3) is 4.41. The van der Waals surface area contributed by atoms with Crippen molar-refractivity contribution in [2.75, 3.05) is 5.32 Å². The summed E-state index contributed by atoms with van der Waals surface area (Å²) >= 11 is 0. The normalized spacial score (nSPS) is 11.3. The lowest BCUT2D eigenvalue weighted by molar-refractivity contribution is -0.122. The maximum Gasteiger partial charge on any atom is 0.265 e. The first-order valence-electron chi connectivity index (χ1n) is 6.92. The van der Waals surface area contributed by atoms with Crippen molar-refractivity contribution in [2.45, 2.75) is 13.0 Å². The molecular formula is C17H16N2O4. The molecule has 2 aromatic carbocycles. The summed E-state index contributed by atoms with van der Waals surface area (Å²) in [6.45, 7) is 1.61. The van der Waals surface area contributed by atoms with Gasteiger partial charge in [0.2, 0.25) is 5.91 Å². The molecule has 2 rings (SSSR count). The number of benzene rings is 2. The highest BCUT2D eigenvalue weighted by Gasteiger charge is 2.15. The number of primary amides is 1. The van der Waals surface area contributed by atoms with Crippen LogP contribution in [0.3, 0.4) is 0 Å².